The Kier molecular flexibility index (Phi) is 4.25. The molecule has 0 aromatic carbocycles. The van der Waals surface area contributed by atoms with Crippen LogP contribution in [-0.4, -0.2) is 50.3 Å². The lowest BCUT2D eigenvalue weighted by atomic mass is 10.3. The monoisotopic (exact) mass is 378 g/mol. The van der Waals surface area contributed by atoms with Crippen LogP contribution in [0.3, 0.4) is 0 Å². The average molecular weight is 379 g/mol. The molecule has 2 aliphatic rings. The predicted octanol–water partition coefficient (Wildman–Crippen LogP) is 2.54. The Balaban J connectivity index is 1.66. The van der Waals surface area contributed by atoms with Gasteiger partial charge in [0.2, 0.25) is 0 Å². The first kappa shape index (κ1) is 15.0. The number of rotatable bonds is 4. The summed E-state index contributed by atoms with van der Waals surface area (Å²) in [5, 5.41) is 0. The minimum atomic E-state index is -3.30. The molecule has 0 radical (unpaired) electrons. The zero-order valence-corrected chi connectivity index (χ0v) is 14.7. The van der Waals surface area contributed by atoms with Gasteiger partial charge in [-0.1, -0.05) is 0 Å². The van der Waals surface area contributed by atoms with Crippen molar-refractivity contribution in [3.63, 3.8) is 0 Å². The maximum atomic E-state index is 12.6. The molecule has 0 N–H and O–H groups in total. The van der Waals surface area contributed by atoms with E-state index in [1.807, 2.05) is 6.92 Å². The minimum Gasteiger partial charge on any atom is -0.300 e. The van der Waals surface area contributed by atoms with Gasteiger partial charge in [0, 0.05) is 32.7 Å². The molecular weight excluding hydrogens is 360 g/mol. The van der Waals surface area contributed by atoms with Crippen molar-refractivity contribution in [2.45, 2.75) is 24.0 Å². The Bertz CT molecular complexity index is 568. The molecule has 1 saturated heterocycles. The molecule has 4 nitrogen and oxygen atoms in total. The molecule has 1 aromatic heterocycles. The molecule has 0 atom stereocenters. The van der Waals surface area contributed by atoms with E-state index in [4.69, 9.17) is 0 Å². The summed E-state index contributed by atoms with van der Waals surface area (Å²) in [7, 11) is -3.30. The summed E-state index contributed by atoms with van der Waals surface area (Å²) < 4.78 is 28.2. The third-order valence-corrected chi connectivity index (χ3v) is 8.46. The zero-order valence-electron chi connectivity index (χ0n) is 11.5. The molecule has 112 valence electrons. The first-order valence-electron chi connectivity index (χ1n) is 6.95. The highest BCUT2D eigenvalue weighted by Gasteiger charge is 2.32. The Morgan fingerprint density at radius 3 is 2.45 bits per heavy atom. The molecular formula is C13H19BrN2O2S2. The second kappa shape index (κ2) is 5.68. The quantitative estimate of drug-likeness (QED) is 0.807. The third-order valence-electron chi connectivity index (χ3n) is 3.97. The smallest absolute Gasteiger partial charge is 0.252 e. The van der Waals surface area contributed by atoms with Crippen molar-refractivity contribution in [1.29, 1.82) is 0 Å². The van der Waals surface area contributed by atoms with Gasteiger partial charge in [0.25, 0.3) is 10.0 Å². The van der Waals surface area contributed by atoms with E-state index >= 15 is 0 Å². The number of piperazine rings is 1. The van der Waals surface area contributed by atoms with E-state index in [1.165, 1.54) is 24.2 Å². The van der Waals surface area contributed by atoms with Gasteiger partial charge in [0.1, 0.15) is 4.21 Å². The van der Waals surface area contributed by atoms with Gasteiger partial charge in [-0.2, -0.15) is 4.31 Å². The SMILES string of the molecule is Cc1cc(S(=O)(=O)N2CCN(CC3CC3)CC2)sc1Br. The largest absolute Gasteiger partial charge is 0.300 e. The topological polar surface area (TPSA) is 40.6 Å². The van der Waals surface area contributed by atoms with Crippen molar-refractivity contribution in [3.05, 3.63) is 15.4 Å². The molecule has 3 rings (SSSR count). The number of hydrogen-bond acceptors (Lipinski definition) is 4. The maximum Gasteiger partial charge on any atom is 0.252 e. The molecule has 0 unspecified atom stereocenters. The van der Waals surface area contributed by atoms with E-state index in [0.717, 1.165) is 34.9 Å². The van der Waals surface area contributed by atoms with Crippen LogP contribution in [0.15, 0.2) is 14.1 Å². The van der Waals surface area contributed by atoms with E-state index in [-0.39, 0.29) is 0 Å². The van der Waals surface area contributed by atoms with Crippen molar-refractivity contribution in [2.24, 2.45) is 5.92 Å². The minimum absolute atomic E-state index is 0.456. The summed E-state index contributed by atoms with van der Waals surface area (Å²) in [6.07, 6.45) is 2.70. The maximum absolute atomic E-state index is 12.6. The highest BCUT2D eigenvalue weighted by molar-refractivity contribution is 9.11. The summed E-state index contributed by atoms with van der Waals surface area (Å²) in [5.41, 5.74) is 0.987. The summed E-state index contributed by atoms with van der Waals surface area (Å²) in [4.78, 5) is 2.40. The van der Waals surface area contributed by atoms with Crippen LogP contribution >= 0.6 is 27.3 Å². The lowest BCUT2D eigenvalue weighted by molar-refractivity contribution is 0.182. The van der Waals surface area contributed by atoms with Gasteiger partial charge in [0.15, 0.2) is 0 Å². The lowest BCUT2D eigenvalue weighted by Gasteiger charge is -2.33. The highest BCUT2D eigenvalue weighted by atomic mass is 79.9. The van der Waals surface area contributed by atoms with Gasteiger partial charge in [-0.3, -0.25) is 0 Å². The van der Waals surface area contributed by atoms with Crippen LogP contribution in [-0.2, 0) is 10.0 Å². The first-order chi connectivity index (χ1) is 9.46. The molecule has 7 heteroatoms. The standard InChI is InChI=1S/C13H19BrN2O2S2/c1-10-8-12(19-13(10)14)20(17,18)16-6-4-15(5-7-16)9-11-2-3-11/h8,11H,2-7,9H2,1H3. The van der Waals surface area contributed by atoms with Gasteiger partial charge < -0.3 is 4.90 Å². The van der Waals surface area contributed by atoms with Gasteiger partial charge in [-0.25, -0.2) is 8.42 Å². The molecule has 20 heavy (non-hydrogen) atoms. The Labute approximate surface area is 132 Å². The Morgan fingerprint density at radius 2 is 1.95 bits per heavy atom. The highest BCUT2D eigenvalue weighted by Crippen LogP contribution is 2.33. The van der Waals surface area contributed by atoms with E-state index in [2.05, 4.69) is 20.8 Å². The van der Waals surface area contributed by atoms with Gasteiger partial charge in [-0.15, -0.1) is 11.3 Å². The first-order valence-corrected chi connectivity index (χ1v) is 10.0. The van der Waals surface area contributed by atoms with Crippen LogP contribution in [0.1, 0.15) is 18.4 Å². The van der Waals surface area contributed by atoms with Gasteiger partial charge in [-0.05, 0) is 53.2 Å². The predicted molar refractivity (Wildman–Crippen MR) is 84.7 cm³/mol. The average Bonchev–Trinajstić information content (AvgIpc) is 3.15. The molecule has 1 aliphatic carbocycles. The fraction of sp³-hybridized carbons (Fsp3) is 0.692. The van der Waals surface area contributed by atoms with E-state index in [0.29, 0.717) is 17.3 Å². The molecule has 2 heterocycles. The molecule has 0 spiro atoms. The number of thiophene rings is 1. The van der Waals surface area contributed by atoms with Crippen LogP contribution in [0.4, 0.5) is 0 Å². The van der Waals surface area contributed by atoms with E-state index < -0.39 is 10.0 Å². The number of nitrogens with zero attached hydrogens (tertiary/aromatic N) is 2. The van der Waals surface area contributed by atoms with Crippen LogP contribution in [0.25, 0.3) is 0 Å². The summed E-state index contributed by atoms with van der Waals surface area (Å²) in [5.74, 6) is 0.869. The molecule has 0 amide bonds. The van der Waals surface area contributed by atoms with Crippen molar-refractivity contribution >= 4 is 37.3 Å². The molecule has 2 fully saturated rings. The number of sulfonamides is 1. The van der Waals surface area contributed by atoms with Crippen LogP contribution in [0.2, 0.25) is 0 Å². The van der Waals surface area contributed by atoms with E-state index in [9.17, 15) is 8.42 Å². The lowest BCUT2D eigenvalue weighted by Crippen LogP contribution is -2.48. The van der Waals surface area contributed by atoms with Crippen LogP contribution in [0, 0.1) is 12.8 Å². The second-order valence-corrected chi connectivity index (χ2v) is 10.2. The normalized spacial score (nSPS) is 22.3. The number of hydrogen-bond donors (Lipinski definition) is 0. The van der Waals surface area contributed by atoms with Crippen molar-refractivity contribution in [3.8, 4) is 0 Å². The molecule has 1 aliphatic heterocycles. The zero-order chi connectivity index (χ0) is 14.3. The van der Waals surface area contributed by atoms with Crippen molar-refractivity contribution in [1.82, 2.24) is 9.21 Å². The molecule has 1 saturated carbocycles. The Hall–Kier alpha value is 0.0500. The fourth-order valence-electron chi connectivity index (χ4n) is 2.50. The fourth-order valence-corrected chi connectivity index (χ4v) is 6.31. The summed E-state index contributed by atoms with van der Waals surface area (Å²) in [6, 6.07) is 1.76. The van der Waals surface area contributed by atoms with Crippen molar-refractivity contribution < 1.29 is 8.42 Å². The van der Waals surface area contributed by atoms with Crippen LogP contribution < -0.4 is 0 Å². The van der Waals surface area contributed by atoms with Gasteiger partial charge >= 0.3 is 0 Å². The molecule has 0 bridgehead atoms. The molecule has 1 aromatic rings. The number of aryl methyl sites for hydroxylation is 1. The number of halogens is 1. The van der Waals surface area contributed by atoms with Crippen molar-refractivity contribution in [2.75, 3.05) is 32.7 Å². The van der Waals surface area contributed by atoms with Crippen LogP contribution in [0.5, 0.6) is 0 Å². The Morgan fingerprint density at radius 1 is 1.30 bits per heavy atom. The van der Waals surface area contributed by atoms with E-state index in [1.54, 1.807) is 10.4 Å². The summed E-state index contributed by atoms with van der Waals surface area (Å²) in [6.45, 7) is 6.03. The summed E-state index contributed by atoms with van der Waals surface area (Å²) >= 11 is 4.71. The third kappa shape index (κ3) is 3.11. The second-order valence-electron chi connectivity index (χ2n) is 5.67. The van der Waals surface area contributed by atoms with Gasteiger partial charge in [0.05, 0.1) is 3.79 Å².